The second-order valence-electron chi connectivity index (χ2n) is 3.75. The van der Waals surface area contributed by atoms with E-state index in [9.17, 15) is 4.79 Å². The van der Waals surface area contributed by atoms with Crippen molar-refractivity contribution in [3.8, 4) is 11.3 Å². The monoisotopic (exact) mass is 227 g/mol. The molecule has 2 rings (SSSR count). The van der Waals surface area contributed by atoms with Gasteiger partial charge in [0.1, 0.15) is 5.82 Å². The van der Waals surface area contributed by atoms with Crippen molar-refractivity contribution in [3.05, 3.63) is 42.4 Å². The van der Waals surface area contributed by atoms with Gasteiger partial charge in [0.05, 0.1) is 5.69 Å². The lowest BCUT2D eigenvalue weighted by atomic mass is 10.1. The summed E-state index contributed by atoms with van der Waals surface area (Å²) in [5, 5.41) is 2.75. The first-order valence-electron chi connectivity index (χ1n) is 5.33. The van der Waals surface area contributed by atoms with Crippen LogP contribution in [0.1, 0.15) is 12.7 Å². The van der Waals surface area contributed by atoms with Crippen molar-refractivity contribution in [1.29, 1.82) is 0 Å². The first kappa shape index (κ1) is 11.3. The van der Waals surface area contributed by atoms with E-state index < -0.39 is 0 Å². The van der Waals surface area contributed by atoms with E-state index in [1.54, 1.807) is 6.20 Å². The molecule has 0 unspecified atom stereocenters. The lowest BCUT2D eigenvalue weighted by Gasteiger charge is -2.05. The van der Waals surface area contributed by atoms with Gasteiger partial charge in [-0.1, -0.05) is 12.1 Å². The maximum Gasteiger partial charge on any atom is 0.221 e. The highest BCUT2D eigenvalue weighted by molar-refractivity contribution is 5.89. The Morgan fingerprint density at radius 3 is 2.82 bits per heavy atom. The summed E-state index contributed by atoms with van der Waals surface area (Å²) in [5.74, 6) is 0.647. The van der Waals surface area contributed by atoms with Crippen molar-refractivity contribution >= 4 is 11.6 Å². The van der Waals surface area contributed by atoms with Crippen molar-refractivity contribution in [2.24, 2.45) is 0 Å². The highest BCUT2D eigenvalue weighted by atomic mass is 16.1. The number of nitrogens with zero attached hydrogens (tertiary/aromatic N) is 2. The molecule has 1 aromatic heterocycles. The zero-order valence-corrected chi connectivity index (χ0v) is 9.77. The lowest BCUT2D eigenvalue weighted by molar-refractivity contribution is -0.114. The summed E-state index contributed by atoms with van der Waals surface area (Å²) in [4.78, 5) is 19.4. The molecule has 4 heteroatoms. The highest BCUT2D eigenvalue weighted by Gasteiger charge is 2.02. The number of hydrogen-bond acceptors (Lipinski definition) is 3. The molecular weight excluding hydrogens is 214 g/mol. The van der Waals surface area contributed by atoms with Gasteiger partial charge in [-0.15, -0.1) is 0 Å². The fourth-order valence-electron chi connectivity index (χ4n) is 1.58. The molecule has 0 fully saturated rings. The third kappa shape index (κ3) is 2.87. The predicted molar refractivity (Wildman–Crippen MR) is 66.5 cm³/mol. The summed E-state index contributed by atoms with van der Waals surface area (Å²) in [5.41, 5.74) is 2.58. The quantitative estimate of drug-likeness (QED) is 0.857. The third-order valence-electron chi connectivity index (χ3n) is 2.25. The van der Waals surface area contributed by atoms with Gasteiger partial charge in [-0.3, -0.25) is 4.79 Å². The molecule has 0 saturated heterocycles. The smallest absolute Gasteiger partial charge is 0.221 e. The number of carbonyl (C=O) groups excluding carboxylic acids is 1. The second-order valence-corrected chi connectivity index (χ2v) is 3.75. The van der Waals surface area contributed by atoms with Gasteiger partial charge in [0.15, 0.2) is 0 Å². The average Bonchev–Trinajstić information content (AvgIpc) is 2.28. The van der Waals surface area contributed by atoms with Crippen molar-refractivity contribution < 1.29 is 4.79 Å². The van der Waals surface area contributed by atoms with Crippen LogP contribution in [-0.2, 0) is 4.79 Å². The van der Waals surface area contributed by atoms with Crippen molar-refractivity contribution in [2.45, 2.75) is 13.8 Å². The molecule has 0 aliphatic rings. The van der Waals surface area contributed by atoms with Gasteiger partial charge in [-0.05, 0) is 25.1 Å². The van der Waals surface area contributed by atoms with Crippen LogP contribution in [0.15, 0.2) is 36.5 Å². The van der Waals surface area contributed by atoms with Crippen LogP contribution in [-0.4, -0.2) is 15.9 Å². The van der Waals surface area contributed by atoms with E-state index in [2.05, 4.69) is 15.3 Å². The number of benzene rings is 1. The van der Waals surface area contributed by atoms with Crippen molar-refractivity contribution in [2.75, 3.05) is 5.32 Å². The van der Waals surface area contributed by atoms with Crippen LogP contribution in [0.3, 0.4) is 0 Å². The average molecular weight is 227 g/mol. The van der Waals surface area contributed by atoms with Crippen LogP contribution >= 0.6 is 0 Å². The number of aromatic nitrogens is 2. The van der Waals surface area contributed by atoms with E-state index in [0.29, 0.717) is 0 Å². The molecule has 17 heavy (non-hydrogen) atoms. The molecule has 1 aromatic carbocycles. The van der Waals surface area contributed by atoms with Gasteiger partial charge in [0.2, 0.25) is 5.91 Å². The lowest BCUT2D eigenvalue weighted by Crippen LogP contribution is -2.05. The van der Waals surface area contributed by atoms with E-state index in [1.165, 1.54) is 6.92 Å². The SMILES string of the molecule is CC(=O)Nc1cccc(-c2ccnc(C)n2)c1. The van der Waals surface area contributed by atoms with Gasteiger partial charge in [-0.25, -0.2) is 9.97 Å². The van der Waals surface area contributed by atoms with Gasteiger partial charge < -0.3 is 5.32 Å². The summed E-state index contributed by atoms with van der Waals surface area (Å²) in [6.07, 6.45) is 1.72. The minimum Gasteiger partial charge on any atom is -0.326 e. The first-order chi connectivity index (χ1) is 8.15. The van der Waals surface area contributed by atoms with Crippen molar-refractivity contribution in [3.63, 3.8) is 0 Å². The molecule has 1 amide bonds. The molecule has 0 aliphatic heterocycles. The third-order valence-corrected chi connectivity index (χ3v) is 2.25. The molecule has 0 aliphatic carbocycles. The van der Waals surface area contributed by atoms with Gasteiger partial charge >= 0.3 is 0 Å². The Bertz CT molecular complexity index is 552. The van der Waals surface area contributed by atoms with Crippen LogP contribution in [0.4, 0.5) is 5.69 Å². The second kappa shape index (κ2) is 4.74. The highest BCUT2D eigenvalue weighted by Crippen LogP contribution is 2.20. The minimum absolute atomic E-state index is 0.0824. The number of aryl methyl sites for hydroxylation is 1. The Labute approximate surface area is 99.7 Å². The molecule has 0 spiro atoms. The molecule has 86 valence electrons. The van der Waals surface area contributed by atoms with Gasteiger partial charge in [0.25, 0.3) is 0 Å². The molecule has 1 heterocycles. The summed E-state index contributed by atoms with van der Waals surface area (Å²) in [6, 6.07) is 9.42. The number of carbonyl (C=O) groups is 1. The fraction of sp³-hybridized carbons (Fsp3) is 0.154. The van der Waals surface area contributed by atoms with E-state index in [-0.39, 0.29) is 5.91 Å². The molecular formula is C13H13N3O. The molecule has 0 radical (unpaired) electrons. The Kier molecular flexibility index (Phi) is 3.14. The maximum absolute atomic E-state index is 11.0. The number of anilines is 1. The summed E-state index contributed by atoms with van der Waals surface area (Å²) in [7, 11) is 0. The molecule has 1 N–H and O–H groups in total. The summed E-state index contributed by atoms with van der Waals surface area (Å²) >= 11 is 0. The number of nitrogens with one attached hydrogen (secondary N) is 1. The van der Waals surface area contributed by atoms with Crippen molar-refractivity contribution in [1.82, 2.24) is 9.97 Å². The number of rotatable bonds is 2. The van der Waals surface area contributed by atoms with E-state index in [0.717, 1.165) is 22.8 Å². The molecule has 0 atom stereocenters. The normalized spacial score (nSPS) is 10.0. The largest absolute Gasteiger partial charge is 0.326 e. The first-order valence-corrected chi connectivity index (χ1v) is 5.33. The van der Waals surface area contributed by atoms with Crippen LogP contribution in [0.25, 0.3) is 11.3 Å². The summed E-state index contributed by atoms with van der Waals surface area (Å²) in [6.45, 7) is 3.34. The Morgan fingerprint density at radius 1 is 1.29 bits per heavy atom. The van der Waals surface area contributed by atoms with Gasteiger partial charge in [-0.2, -0.15) is 0 Å². The molecule has 0 bridgehead atoms. The Morgan fingerprint density at radius 2 is 2.12 bits per heavy atom. The van der Waals surface area contributed by atoms with Crippen LogP contribution < -0.4 is 5.32 Å². The summed E-state index contributed by atoms with van der Waals surface area (Å²) < 4.78 is 0. The fourth-order valence-corrected chi connectivity index (χ4v) is 1.58. The maximum atomic E-state index is 11.0. The van der Waals surface area contributed by atoms with E-state index in [1.807, 2.05) is 37.3 Å². The van der Waals surface area contributed by atoms with Crippen LogP contribution in [0.2, 0.25) is 0 Å². The molecule has 2 aromatic rings. The molecule has 4 nitrogen and oxygen atoms in total. The Hall–Kier alpha value is -2.23. The number of hydrogen-bond donors (Lipinski definition) is 1. The Balaban J connectivity index is 2.36. The zero-order valence-electron chi connectivity index (χ0n) is 9.77. The van der Waals surface area contributed by atoms with E-state index in [4.69, 9.17) is 0 Å². The van der Waals surface area contributed by atoms with Gasteiger partial charge in [0, 0.05) is 24.4 Å². The minimum atomic E-state index is -0.0824. The zero-order chi connectivity index (χ0) is 12.3. The van der Waals surface area contributed by atoms with Crippen LogP contribution in [0.5, 0.6) is 0 Å². The predicted octanol–water partition coefficient (Wildman–Crippen LogP) is 2.41. The topological polar surface area (TPSA) is 54.9 Å². The molecule has 0 saturated carbocycles. The van der Waals surface area contributed by atoms with Crippen LogP contribution in [0, 0.1) is 6.92 Å². The standard InChI is InChI=1S/C13H13N3O/c1-9-14-7-6-13(15-9)11-4-3-5-12(8-11)16-10(2)17/h3-8H,1-2H3,(H,16,17). The number of amides is 1. The van der Waals surface area contributed by atoms with E-state index >= 15 is 0 Å².